The Labute approximate surface area is 73.2 Å². The molecule has 0 amide bonds. The second-order valence-electron chi connectivity index (χ2n) is 2.68. The average molecular weight is 174 g/mol. The highest BCUT2D eigenvalue weighted by Crippen LogP contribution is 2.11. The molecule has 13 heavy (non-hydrogen) atoms. The monoisotopic (exact) mass is 174 g/mol. The van der Waals surface area contributed by atoms with Crippen LogP contribution in [0, 0.1) is 11.3 Å². The lowest BCUT2D eigenvalue weighted by atomic mass is 10.2. The summed E-state index contributed by atoms with van der Waals surface area (Å²) < 4.78 is 1.22. The average Bonchev–Trinajstić information content (AvgIpc) is 2.48. The molecule has 1 N–H and O–H groups in total. The van der Waals surface area contributed by atoms with E-state index in [4.69, 9.17) is 5.26 Å². The summed E-state index contributed by atoms with van der Waals surface area (Å²) in [5.41, 5.74) is 0.780. The van der Waals surface area contributed by atoms with Gasteiger partial charge in [-0.2, -0.15) is 10.4 Å². The Kier molecular flexibility index (Phi) is 1.43. The Hall–Kier alpha value is -2.09. The van der Waals surface area contributed by atoms with Crippen molar-refractivity contribution in [2.24, 2.45) is 7.05 Å². The molecule has 0 aliphatic rings. The van der Waals surface area contributed by atoms with Gasteiger partial charge in [-0.25, -0.2) is 4.68 Å². The van der Waals surface area contributed by atoms with Gasteiger partial charge in [-0.15, -0.1) is 0 Å². The van der Waals surface area contributed by atoms with Crippen LogP contribution in [0.1, 0.15) is 5.56 Å². The van der Waals surface area contributed by atoms with Gasteiger partial charge >= 0.3 is 0 Å². The third kappa shape index (κ3) is 0.999. The van der Waals surface area contributed by atoms with Crippen LogP contribution in [0.3, 0.4) is 0 Å². The maximum absolute atomic E-state index is 11.2. The van der Waals surface area contributed by atoms with E-state index in [1.165, 1.54) is 16.9 Å². The zero-order chi connectivity index (χ0) is 9.42. The number of hydrogen-bond donors (Lipinski definition) is 1. The van der Waals surface area contributed by atoms with Crippen LogP contribution in [0.4, 0.5) is 0 Å². The Balaban J connectivity index is 2.95. The molecule has 0 unspecified atom stereocenters. The second kappa shape index (κ2) is 2.45. The predicted molar refractivity (Wildman–Crippen MR) is 46.0 cm³/mol. The van der Waals surface area contributed by atoms with Gasteiger partial charge < -0.3 is 4.98 Å². The van der Waals surface area contributed by atoms with E-state index < -0.39 is 0 Å². The minimum atomic E-state index is -0.219. The summed E-state index contributed by atoms with van der Waals surface area (Å²) in [6, 6.07) is 3.38. The normalized spacial score (nSPS) is 10.2. The molecule has 5 nitrogen and oxygen atoms in total. The first-order valence-electron chi connectivity index (χ1n) is 3.68. The second-order valence-corrected chi connectivity index (χ2v) is 2.68. The molecule has 64 valence electrons. The highest BCUT2D eigenvalue weighted by Gasteiger charge is 2.05. The molecule has 0 radical (unpaired) electrons. The molecule has 0 bridgehead atoms. The number of nitrogens with one attached hydrogen (secondary N) is 1. The number of nitrogens with zero attached hydrogens (tertiary/aromatic N) is 3. The molecule has 2 aromatic rings. The van der Waals surface area contributed by atoms with E-state index in [-0.39, 0.29) is 5.56 Å². The molecule has 2 aromatic heterocycles. The fraction of sp³-hybridized carbons (Fsp3) is 0.125. The van der Waals surface area contributed by atoms with Gasteiger partial charge in [-0.05, 0) is 0 Å². The summed E-state index contributed by atoms with van der Waals surface area (Å²) in [5, 5.41) is 13.2. The first kappa shape index (κ1) is 7.55. The summed E-state index contributed by atoms with van der Waals surface area (Å²) in [7, 11) is 1.56. The van der Waals surface area contributed by atoms with Crippen LogP contribution in [0.5, 0.6) is 0 Å². The molecule has 0 aliphatic carbocycles. The van der Waals surface area contributed by atoms with Gasteiger partial charge in [0.1, 0.15) is 6.07 Å². The van der Waals surface area contributed by atoms with Crippen LogP contribution >= 0.6 is 0 Å². The Morgan fingerprint density at radius 2 is 2.46 bits per heavy atom. The zero-order valence-corrected chi connectivity index (χ0v) is 6.90. The molecule has 0 fully saturated rings. The molecule has 0 aromatic carbocycles. The van der Waals surface area contributed by atoms with Gasteiger partial charge in [0.05, 0.1) is 5.56 Å². The maximum atomic E-state index is 11.2. The number of aryl methyl sites for hydroxylation is 1. The number of H-pyrrole nitrogens is 1. The van der Waals surface area contributed by atoms with E-state index in [0.29, 0.717) is 16.6 Å². The highest BCUT2D eigenvalue weighted by atomic mass is 16.1. The van der Waals surface area contributed by atoms with Crippen molar-refractivity contribution < 1.29 is 0 Å². The Bertz CT molecular complexity index is 558. The van der Waals surface area contributed by atoms with Crippen molar-refractivity contribution in [1.29, 1.82) is 5.26 Å². The number of aromatic amines is 1. The smallest absolute Gasteiger partial charge is 0.267 e. The molecule has 2 rings (SSSR count). The summed E-state index contributed by atoms with van der Waals surface area (Å²) in [5.74, 6) is 0. The molecule has 0 saturated carbocycles. The molecular formula is C8H6N4O. The molecule has 0 aliphatic heterocycles. The molecule has 0 atom stereocenters. The summed E-state index contributed by atoms with van der Waals surface area (Å²) >= 11 is 0. The van der Waals surface area contributed by atoms with Crippen molar-refractivity contribution in [1.82, 2.24) is 14.8 Å². The van der Waals surface area contributed by atoms with Crippen LogP contribution in [-0.2, 0) is 7.05 Å². The van der Waals surface area contributed by atoms with Gasteiger partial charge in [-0.3, -0.25) is 4.79 Å². The van der Waals surface area contributed by atoms with Crippen LogP contribution in [0.25, 0.3) is 11.0 Å². The minimum absolute atomic E-state index is 0.219. The number of nitriles is 1. The van der Waals surface area contributed by atoms with Gasteiger partial charge in [0.25, 0.3) is 5.56 Å². The summed E-state index contributed by atoms with van der Waals surface area (Å²) in [6.07, 6.45) is 1.54. The number of fused-ring (bicyclic) bond motifs is 1. The lowest BCUT2D eigenvalue weighted by molar-refractivity contribution is 0.723. The van der Waals surface area contributed by atoms with Crippen LogP contribution in [-0.4, -0.2) is 14.8 Å². The number of rotatable bonds is 0. The molecule has 2 heterocycles. The first-order valence-corrected chi connectivity index (χ1v) is 3.68. The van der Waals surface area contributed by atoms with Crippen LogP contribution in [0.2, 0.25) is 0 Å². The fourth-order valence-electron chi connectivity index (χ4n) is 1.16. The Morgan fingerprint density at radius 3 is 3.15 bits per heavy atom. The SMILES string of the molecule is Cn1nc2[nH]cc(C#N)c2cc1=O. The quantitative estimate of drug-likeness (QED) is 0.617. The molecular weight excluding hydrogens is 168 g/mol. The number of hydrogen-bond acceptors (Lipinski definition) is 3. The van der Waals surface area contributed by atoms with Crippen LogP contribution < -0.4 is 5.56 Å². The summed E-state index contributed by atoms with van der Waals surface area (Å²) in [6.45, 7) is 0. The van der Waals surface area contributed by atoms with E-state index in [0.717, 1.165) is 0 Å². The predicted octanol–water partition coefficient (Wildman–Crippen LogP) is 0.133. The van der Waals surface area contributed by atoms with Crippen molar-refractivity contribution in [3.05, 3.63) is 28.2 Å². The number of aromatic nitrogens is 3. The van der Waals surface area contributed by atoms with Gasteiger partial charge in [0, 0.05) is 24.7 Å². The van der Waals surface area contributed by atoms with Crippen molar-refractivity contribution in [3.63, 3.8) is 0 Å². The zero-order valence-electron chi connectivity index (χ0n) is 6.90. The van der Waals surface area contributed by atoms with Gasteiger partial charge in [0.2, 0.25) is 0 Å². The van der Waals surface area contributed by atoms with Gasteiger partial charge in [-0.1, -0.05) is 0 Å². The van der Waals surface area contributed by atoms with Crippen LogP contribution in [0.15, 0.2) is 17.1 Å². The van der Waals surface area contributed by atoms with Crippen molar-refractivity contribution >= 4 is 11.0 Å². The fourth-order valence-corrected chi connectivity index (χ4v) is 1.16. The largest absolute Gasteiger partial charge is 0.343 e. The lowest BCUT2D eigenvalue weighted by Crippen LogP contribution is -2.17. The topological polar surface area (TPSA) is 74.5 Å². The van der Waals surface area contributed by atoms with E-state index in [1.807, 2.05) is 6.07 Å². The third-order valence-electron chi connectivity index (χ3n) is 1.86. The molecule has 5 heteroatoms. The minimum Gasteiger partial charge on any atom is -0.343 e. The Morgan fingerprint density at radius 1 is 1.69 bits per heavy atom. The van der Waals surface area contributed by atoms with Crippen molar-refractivity contribution in [2.45, 2.75) is 0 Å². The molecule has 0 spiro atoms. The maximum Gasteiger partial charge on any atom is 0.267 e. The first-order chi connectivity index (χ1) is 6.22. The van der Waals surface area contributed by atoms with E-state index in [2.05, 4.69) is 10.1 Å². The van der Waals surface area contributed by atoms with E-state index >= 15 is 0 Å². The third-order valence-corrected chi connectivity index (χ3v) is 1.86. The molecule has 0 saturated heterocycles. The van der Waals surface area contributed by atoms with E-state index in [9.17, 15) is 4.79 Å². The van der Waals surface area contributed by atoms with Gasteiger partial charge in [0.15, 0.2) is 5.65 Å². The van der Waals surface area contributed by atoms with E-state index in [1.54, 1.807) is 7.05 Å². The highest BCUT2D eigenvalue weighted by molar-refractivity contribution is 5.81. The standard InChI is InChI=1S/C8H6N4O/c1-12-7(13)2-6-5(3-9)4-10-8(6)11-12/h2,4H,1H3,(H,10,11). The van der Waals surface area contributed by atoms with Crippen molar-refractivity contribution in [3.8, 4) is 6.07 Å². The lowest BCUT2D eigenvalue weighted by Gasteiger charge is -1.93. The summed E-state index contributed by atoms with van der Waals surface area (Å²) in [4.78, 5) is 14.0. The van der Waals surface area contributed by atoms with Crippen molar-refractivity contribution in [2.75, 3.05) is 0 Å².